The highest BCUT2D eigenvalue weighted by molar-refractivity contribution is 7.47. The number of imidazole rings is 1. The van der Waals surface area contributed by atoms with Gasteiger partial charge in [0.1, 0.15) is 18.8 Å². The number of nitrogens with zero attached hydrogens (tertiary/aromatic N) is 3. The number of H-pyrrole nitrogens is 1. The summed E-state index contributed by atoms with van der Waals surface area (Å²) in [5, 5.41) is 0. The van der Waals surface area contributed by atoms with Crippen molar-refractivity contribution in [2.24, 2.45) is 5.92 Å². The van der Waals surface area contributed by atoms with Gasteiger partial charge in [0.15, 0.2) is 31.1 Å². The maximum Gasteiger partial charge on any atom is 0.298 e. The van der Waals surface area contributed by atoms with Crippen LogP contribution in [0, 0.1) is 11.7 Å². The Morgan fingerprint density at radius 3 is 2.87 bits per heavy atom. The maximum atomic E-state index is 13.6. The second-order valence-electron chi connectivity index (χ2n) is 8.80. The van der Waals surface area contributed by atoms with Gasteiger partial charge in [-0.25, -0.2) is 9.37 Å². The van der Waals surface area contributed by atoms with Crippen molar-refractivity contribution in [3.8, 4) is 0 Å². The fourth-order valence-corrected chi connectivity index (χ4v) is 5.37. The van der Waals surface area contributed by atoms with E-state index in [4.69, 9.17) is 29.0 Å². The zero-order valence-electron chi connectivity index (χ0n) is 21.5. The molecule has 0 aliphatic heterocycles. The molecule has 0 radical (unpaired) electrons. The third-order valence-electron chi connectivity index (χ3n) is 6.19. The second-order valence-corrected chi connectivity index (χ2v) is 10.2. The van der Waals surface area contributed by atoms with Crippen LogP contribution in [0.1, 0.15) is 31.2 Å². The SMILES string of the molecule is CO/C(COP(COCCn1cnc2c(=O)[nH]c(N)nc21)OCc1cccc(F)c1)=C(\OC=O)C1CCCC1. The number of methoxy groups -OCH3 is 1. The Labute approximate surface area is 225 Å². The number of benzene rings is 1. The summed E-state index contributed by atoms with van der Waals surface area (Å²) in [5.74, 6) is 0.601. The number of carbonyl (C=O) groups excluding carboxylic acids is 1. The minimum Gasteiger partial charge on any atom is -0.495 e. The van der Waals surface area contributed by atoms with E-state index in [1.807, 2.05) is 0 Å². The van der Waals surface area contributed by atoms with Gasteiger partial charge in [-0.1, -0.05) is 25.0 Å². The summed E-state index contributed by atoms with van der Waals surface area (Å²) in [5.41, 5.74) is 6.41. The van der Waals surface area contributed by atoms with Crippen molar-refractivity contribution in [3.05, 3.63) is 63.8 Å². The number of fused-ring (bicyclic) bond motifs is 1. The van der Waals surface area contributed by atoms with E-state index in [1.54, 1.807) is 16.7 Å². The van der Waals surface area contributed by atoms with Crippen LogP contribution in [0.5, 0.6) is 0 Å². The smallest absolute Gasteiger partial charge is 0.298 e. The zero-order valence-corrected chi connectivity index (χ0v) is 22.4. The first-order valence-electron chi connectivity index (χ1n) is 12.4. The molecule has 2 heterocycles. The number of nitrogen functional groups attached to an aromatic ring is 1. The van der Waals surface area contributed by atoms with Crippen molar-refractivity contribution < 1.29 is 32.4 Å². The lowest BCUT2D eigenvalue weighted by atomic mass is 10.0. The van der Waals surface area contributed by atoms with E-state index in [0.717, 1.165) is 25.7 Å². The van der Waals surface area contributed by atoms with Crippen molar-refractivity contribution in [3.63, 3.8) is 0 Å². The van der Waals surface area contributed by atoms with Crippen molar-refractivity contribution in [1.29, 1.82) is 0 Å². The summed E-state index contributed by atoms with van der Waals surface area (Å²) in [6, 6.07) is 6.09. The van der Waals surface area contributed by atoms with E-state index in [2.05, 4.69) is 15.0 Å². The zero-order chi connectivity index (χ0) is 27.6. The Kier molecular flexibility index (Phi) is 10.4. The second kappa shape index (κ2) is 14.1. The molecule has 12 nitrogen and oxygen atoms in total. The Bertz CT molecular complexity index is 1340. The van der Waals surface area contributed by atoms with Crippen LogP contribution in [-0.2, 0) is 41.2 Å². The Balaban J connectivity index is 1.40. The van der Waals surface area contributed by atoms with E-state index in [-0.39, 0.29) is 49.4 Å². The fraction of sp³-hybridized carbons (Fsp3) is 0.440. The monoisotopic (exact) mass is 563 g/mol. The highest BCUT2D eigenvalue weighted by atomic mass is 31.2. The van der Waals surface area contributed by atoms with Crippen molar-refractivity contribution in [2.45, 2.75) is 38.8 Å². The van der Waals surface area contributed by atoms with Gasteiger partial charge < -0.3 is 33.6 Å². The molecule has 0 amide bonds. The van der Waals surface area contributed by atoms with Gasteiger partial charge in [-0.2, -0.15) is 4.98 Å². The number of allylic oxidation sites excluding steroid dienone is 1. The highest BCUT2D eigenvalue weighted by Crippen LogP contribution is 2.41. The van der Waals surface area contributed by atoms with Gasteiger partial charge in [0.2, 0.25) is 5.95 Å². The quantitative estimate of drug-likeness (QED) is 0.121. The molecule has 0 spiro atoms. The lowest BCUT2D eigenvalue weighted by molar-refractivity contribution is -0.126. The van der Waals surface area contributed by atoms with Gasteiger partial charge in [-0.05, 0) is 30.5 Å². The van der Waals surface area contributed by atoms with Crippen LogP contribution < -0.4 is 11.3 Å². The van der Waals surface area contributed by atoms with Crippen LogP contribution >= 0.6 is 8.38 Å². The number of carbonyl (C=O) groups is 1. The Morgan fingerprint density at radius 2 is 2.13 bits per heavy atom. The molecule has 1 aromatic carbocycles. The van der Waals surface area contributed by atoms with Crippen LogP contribution in [0.4, 0.5) is 10.3 Å². The van der Waals surface area contributed by atoms with E-state index >= 15 is 0 Å². The summed E-state index contributed by atoms with van der Waals surface area (Å²) in [6.07, 6.45) is 5.49. The number of anilines is 1. The predicted molar refractivity (Wildman–Crippen MR) is 141 cm³/mol. The lowest BCUT2D eigenvalue weighted by Gasteiger charge is -2.21. The molecular weight excluding hydrogens is 532 g/mol. The average molecular weight is 564 g/mol. The fourth-order valence-electron chi connectivity index (χ4n) is 4.31. The summed E-state index contributed by atoms with van der Waals surface area (Å²) >= 11 is 0. The molecule has 1 aliphatic rings. The lowest BCUT2D eigenvalue weighted by Crippen LogP contribution is -2.14. The van der Waals surface area contributed by atoms with Crippen molar-refractivity contribution in [2.75, 3.05) is 32.4 Å². The molecule has 0 saturated heterocycles. The molecule has 4 rings (SSSR count). The van der Waals surface area contributed by atoms with Gasteiger partial charge in [0.25, 0.3) is 12.0 Å². The molecule has 1 aliphatic carbocycles. The van der Waals surface area contributed by atoms with Crippen LogP contribution in [0.15, 0.2) is 46.9 Å². The third kappa shape index (κ3) is 7.82. The molecule has 3 N–H and O–H groups in total. The summed E-state index contributed by atoms with van der Waals surface area (Å²) in [7, 11) is -0.115. The molecular formula is C25H31FN5O7P. The maximum absolute atomic E-state index is 13.6. The normalized spacial score (nSPS) is 15.3. The standard InChI is InChI=1S/C25H31FN5O7P/c1-34-20(22(36-15-32)18-6-2-3-7-18)13-38-39(37-12-17-5-4-8-19(26)11-17)16-35-10-9-31-14-28-21-23(31)29-25(27)30-24(21)33/h4-5,8,11,14-15,18H,2-3,6-7,9-10,12-13,16H2,1H3,(H3,27,29,30,33)/b22-20-. The highest BCUT2D eigenvalue weighted by Gasteiger charge is 2.26. The molecule has 2 aromatic heterocycles. The van der Waals surface area contributed by atoms with Gasteiger partial charge in [-0.3, -0.25) is 14.6 Å². The minimum atomic E-state index is -1.61. The molecule has 1 saturated carbocycles. The number of ether oxygens (including phenoxy) is 3. The molecule has 1 unspecified atom stereocenters. The largest absolute Gasteiger partial charge is 0.495 e. The van der Waals surface area contributed by atoms with Gasteiger partial charge in [0.05, 0.1) is 26.7 Å². The van der Waals surface area contributed by atoms with Gasteiger partial charge >= 0.3 is 0 Å². The summed E-state index contributed by atoms with van der Waals surface area (Å²) < 4.78 is 43.9. The van der Waals surface area contributed by atoms with Crippen molar-refractivity contribution >= 4 is 32.0 Å². The Morgan fingerprint density at radius 1 is 1.31 bits per heavy atom. The van der Waals surface area contributed by atoms with E-state index in [1.165, 1.54) is 25.6 Å². The molecule has 39 heavy (non-hydrogen) atoms. The number of hydrogen-bond donors (Lipinski definition) is 2. The Hall–Kier alpha value is -3.38. The third-order valence-corrected chi connectivity index (χ3v) is 7.42. The molecule has 1 atom stereocenters. The number of rotatable bonds is 15. The van der Waals surface area contributed by atoms with Crippen molar-refractivity contribution in [1.82, 2.24) is 19.5 Å². The van der Waals surface area contributed by atoms with E-state index < -0.39 is 13.9 Å². The number of nitrogens with one attached hydrogen (secondary N) is 1. The van der Waals surface area contributed by atoms with Gasteiger partial charge in [-0.15, -0.1) is 0 Å². The molecule has 210 valence electrons. The molecule has 3 aromatic rings. The van der Waals surface area contributed by atoms with E-state index in [9.17, 15) is 14.0 Å². The van der Waals surface area contributed by atoms with Crippen LogP contribution in [-0.4, -0.2) is 52.7 Å². The number of aromatic amines is 1. The first kappa shape index (κ1) is 28.6. The molecule has 1 fully saturated rings. The first-order chi connectivity index (χ1) is 19.0. The number of hydrogen-bond acceptors (Lipinski definition) is 10. The summed E-state index contributed by atoms with van der Waals surface area (Å²) in [4.78, 5) is 33.8. The number of nitrogens with two attached hydrogens (primary N) is 1. The van der Waals surface area contributed by atoms with Crippen LogP contribution in [0.25, 0.3) is 11.2 Å². The predicted octanol–water partition coefficient (Wildman–Crippen LogP) is 3.58. The summed E-state index contributed by atoms with van der Waals surface area (Å²) in [6.45, 7) is 1.10. The average Bonchev–Trinajstić information content (AvgIpc) is 3.59. The minimum absolute atomic E-state index is 0.00429. The van der Waals surface area contributed by atoms with Gasteiger partial charge in [0, 0.05) is 12.5 Å². The van der Waals surface area contributed by atoms with E-state index in [0.29, 0.717) is 35.7 Å². The van der Waals surface area contributed by atoms with Crippen LogP contribution in [0.2, 0.25) is 0 Å². The number of aromatic nitrogens is 4. The van der Waals surface area contributed by atoms with Crippen LogP contribution in [0.3, 0.4) is 0 Å². The first-order valence-corrected chi connectivity index (χ1v) is 13.8. The number of halogens is 1. The molecule has 14 heteroatoms. The topological polar surface area (TPSA) is 153 Å². The molecule has 0 bridgehead atoms.